The first-order valence-electron chi connectivity index (χ1n) is 5.37. The van der Waals surface area contributed by atoms with Crippen LogP contribution in [0.5, 0.6) is 0 Å². The molecule has 86 valence electrons. The number of nitrogens with zero attached hydrogens (tertiary/aromatic N) is 1. The van der Waals surface area contributed by atoms with E-state index in [1.807, 2.05) is 23.9 Å². The molecule has 2 rings (SSSR count). The number of nitrogens with one attached hydrogen (secondary N) is 1. The van der Waals surface area contributed by atoms with Gasteiger partial charge in [0.25, 0.3) is 0 Å². The summed E-state index contributed by atoms with van der Waals surface area (Å²) >= 11 is 7.00. The number of anilines is 1. The number of pyridine rings is 1. The first-order valence-corrected chi connectivity index (χ1v) is 6.83. The van der Waals surface area contributed by atoms with Gasteiger partial charge in [-0.1, -0.05) is 12.2 Å². The van der Waals surface area contributed by atoms with Gasteiger partial charge >= 0.3 is 0 Å². The summed E-state index contributed by atoms with van der Waals surface area (Å²) < 4.78 is 0. The maximum atomic E-state index is 5.62. The Morgan fingerprint density at radius 2 is 2.56 bits per heavy atom. The number of thioether (sulfide) groups is 1. The van der Waals surface area contributed by atoms with Crippen molar-refractivity contribution in [2.45, 2.75) is 18.1 Å². The van der Waals surface area contributed by atoms with Crippen molar-refractivity contribution in [1.82, 2.24) is 4.98 Å². The van der Waals surface area contributed by atoms with Crippen molar-refractivity contribution in [3.8, 4) is 0 Å². The van der Waals surface area contributed by atoms with Crippen molar-refractivity contribution in [2.24, 2.45) is 5.73 Å². The van der Waals surface area contributed by atoms with E-state index in [0.717, 1.165) is 12.2 Å². The largest absolute Gasteiger partial charge is 0.388 e. The molecule has 1 aliphatic heterocycles. The van der Waals surface area contributed by atoms with Gasteiger partial charge in [-0.15, -0.1) is 0 Å². The standard InChI is InChI=1S/C11H15N3S2/c12-11(15)10-9(4-1-5-13-10)14-7-8-3-2-6-16-8/h1,4-5,8,14H,2-3,6-7H2,(H2,12,15). The van der Waals surface area contributed by atoms with Gasteiger partial charge in [0, 0.05) is 18.0 Å². The molecular formula is C11H15N3S2. The zero-order valence-electron chi connectivity index (χ0n) is 8.98. The highest BCUT2D eigenvalue weighted by Gasteiger charge is 2.15. The second-order valence-electron chi connectivity index (χ2n) is 3.78. The Morgan fingerprint density at radius 1 is 1.69 bits per heavy atom. The van der Waals surface area contributed by atoms with Crippen LogP contribution in [0.1, 0.15) is 18.5 Å². The van der Waals surface area contributed by atoms with E-state index in [4.69, 9.17) is 18.0 Å². The van der Waals surface area contributed by atoms with Crippen LogP contribution in [-0.2, 0) is 0 Å². The summed E-state index contributed by atoms with van der Waals surface area (Å²) in [5.74, 6) is 1.28. The van der Waals surface area contributed by atoms with Gasteiger partial charge in [-0.25, -0.2) is 0 Å². The molecule has 2 heterocycles. The van der Waals surface area contributed by atoms with E-state index < -0.39 is 0 Å². The minimum atomic E-state index is 0.349. The summed E-state index contributed by atoms with van der Waals surface area (Å²) in [6.45, 7) is 0.964. The van der Waals surface area contributed by atoms with E-state index in [1.54, 1.807) is 6.20 Å². The molecule has 1 saturated heterocycles. The van der Waals surface area contributed by atoms with Crippen LogP contribution in [0.2, 0.25) is 0 Å². The van der Waals surface area contributed by atoms with E-state index in [0.29, 0.717) is 15.9 Å². The number of aromatic nitrogens is 1. The van der Waals surface area contributed by atoms with E-state index in [1.165, 1.54) is 18.6 Å². The molecule has 0 radical (unpaired) electrons. The summed E-state index contributed by atoms with van der Waals surface area (Å²) in [6, 6.07) is 3.87. The monoisotopic (exact) mass is 253 g/mol. The van der Waals surface area contributed by atoms with Gasteiger partial charge in [0.2, 0.25) is 0 Å². The van der Waals surface area contributed by atoms with Crippen LogP contribution in [0.3, 0.4) is 0 Å². The molecule has 3 nitrogen and oxygen atoms in total. The summed E-state index contributed by atoms with van der Waals surface area (Å²) in [5.41, 5.74) is 7.26. The molecule has 0 saturated carbocycles. The highest BCUT2D eigenvalue weighted by Crippen LogP contribution is 2.26. The van der Waals surface area contributed by atoms with Gasteiger partial charge in [0.15, 0.2) is 0 Å². The molecule has 1 aliphatic rings. The van der Waals surface area contributed by atoms with Crippen molar-refractivity contribution < 1.29 is 0 Å². The molecule has 1 fully saturated rings. The summed E-state index contributed by atoms with van der Waals surface area (Å²) in [6.07, 6.45) is 4.33. The van der Waals surface area contributed by atoms with Gasteiger partial charge in [0.1, 0.15) is 10.7 Å². The number of hydrogen-bond donors (Lipinski definition) is 2. The highest BCUT2D eigenvalue weighted by molar-refractivity contribution is 8.00. The first kappa shape index (κ1) is 11.7. The van der Waals surface area contributed by atoms with E-state index in [-0.39, 0.29) is 0 Å². The topological polar surface area (TPSA) is 50.9 Å². The number of rotatable bonds is 4. The third-order valence-electron chi connectivity index (χ3n) is 2.59. The van der Waals surface area contributed by atoms with Crippen molar-refractivity contribution in [3.05, 3.63) is 24.0 Å². The molecule has 0 bridgehead atoms. The zero-order valence-corrected chi connectivity index (χ0v) is 10.6. The smallest absolute Gasteiger partial charge is 0.124 e. The highest BCUT2D eigenvalue weighted by atomic mass is 32.2. The van der Waals surface area contributed by atoms with Gasteiger partial charge in [0.05, 0.1) is 5.69 Å². The maximum Gasteiger partial charge on any atom is 0.124 e. The number of thiocarbonyl (C=S) groups is 1. The molecule has 0 aliphatic carbocycles. The molecule has 0 spiro atoms. The fourth-order valence-corrected chi connectivity index (χ4v) is 3.14. The minimum Gasteiger partial charge on any atom is -0.388 e. The Hall–Kier alpha value is -0.810. The van der Waals surface area contributed by atoms with Crippen molar-refractivity contribution >= 4 is 34.7 Å². The van der Waals surface area contributed by atoms with Crippen molar-refractivity contribution in [3.63, 3.8) is 0 Å². The zero-order chi connectivity index (χ0) is 11.4. The fourth-order valence-electron chi connectivity index (χ4n) is 1.77. The molecule has 0 amide bonds. The van der Waals surface area contributed by atoms with Gasteiger partial charge in [-0.05, 0) is 30.7 Å². The molecule has 1 unspecified atom stereocenters. The van der Waals surface area contributed by atoms with Crippen LogP contribution in [0, 0.1) is 0 Å². The average Bonchev–Trinajstić information content (AvgIpc) is 2.79. The summed E-state index contributed by atoms with van der Waals surface area (Å²) in [7, 11) is 0. The van der Waals surface area contributed by atoms with E-state index in [9.17, 15) is 0 Å². The lowest BCUT2D eigenvalue weighted by Crippen LogP contribution is -2.19. The lowest BCUT2D eigenvalue weighted by Gasteiger charge is -2.13. The van der Waals surface area contributed by atoms with Crippen molar-refractivity contribution in [1.29, 1.82) is 0 Å². The molecule has 5 heteroatoms. The van der Waals surface area contributed by atoms with Crippen LogP contribution in [-0.4, -0.2) is 27.5 Å². The predicted octanol–water partition coefficient (Wildman–Crippen LogP) is 2.02. The average molecular weight is 253 g/mol. The predicted molar refractivity (Wildman–Crippen MR) is 74.1 cm³/mol. The molecule has 0 aromatic carbocycles. The Kier molecular flexibility index (Phi) is 4.01. The second kappa shape index (κ2) is 5.50. The van der Waals surface area contributed by atoms with E-state index in [2.05, 4.69) is 10.3 Å². The Balaban J connectivity index is 2.00. The Bertz CT molecular complexity index is 375. The Morgan fingerprint density at radius 3 is 3.25 bits per heavy atom. The van der Waals surface area contributed by atoms with Gasteiger partial charge in [-0.3, -0.25) is 4.98 Å². The molecule has 1 aromatic heterocycles. The van der Waals surface area contributed by atoms with Crippen LogP contribution >= 0.6 is 24.0 Å². The third-order valence-corrected chi connectivity index (χ3v) is 4.18. The van der Waals surface area contributed by atoms with Gasteiger partial charge < -0.3 is 11.1 Å². The van der Waals surface area contributed by atoms with Crippen LogP contribution in [0.15, 0.2) is 18.3 Å². The van der Waals surface area contributed by atoms with E-state index >= 15 is 0 Å². The molecular weight excluding hydrogens is 238 g/mol. The normalized spacial score (nSPS) is 19.6. The lowest BCUT2D eigenvalue weighted by molar-refractivity contribution is 0.805. The summed E-state index contributed by atoms with van der Waals surface area (Å²) in [5, 5.41) is 4.09. The quantitative estimate of drug-likeness (QED) is 0.804. The van der Waals surface area contributed by atoms with Crippen LogP contribution in [0.25, 0.3) is 0 Å². The Labute approximate surface area is 105 Å². The molecule has 3 N–H and O–H groups in total. The van der Waals surface area contributed by atoms with Crippen molar-refractivity contribution in [2.75, 3.05) is 17.6 Å². The maximum absolute atomic E-state index is 5.62. The SMILES string of the molecule is NC(=S)c1ncccc1NCC1CCCS1. The lowest BCUT2D eigenvalue weighted by atomic mass is 10.2. The number of hydrogen-bond acceptors (Lipinski definition) is 4. The second-order valence-corrected chi connectivity index (χ2v) is 5.63. The molecule has 1 atom stereocenters. The minimum absolute atomic E-state index is 0.349. The first-order chi connectivity index (χ1) is 7.77. The van der Waals surface area contributed by atoms with Gasteiger partial charge in [-0.2, -0.15) is 11.8 Å². The number of nitrogens with two attached hydrogens (primary N) is 1. The fraction of sp³-hybridized carbons (Fsp3) is 0.455. The molecule has 16 heavy (non-hydrogen) atoms. The van der Waals surface area contributed by atoms with Crippen LogP contribution in [0.4, 0.5) is 5.69 Å². The molecule has 1 aromatic rings. The summed E-state index contributed by atoms with van der Waals surface area (Å²) in [4.78, 5) is 4.54. The van der Waals surface area contributed by atoms with Crippen LogP contribution < -0.4 is 11.1 Å². The third kappa shape index (κ3) is 2.86.